The van der Waals surface area contributed by atoms with E-state index in [1.165, 1.54) is 32.4 Å². The number of nitrogens with zero attached hydrogens (tertiary/aromatic N) is 3. The largest absolute Gasteiger partial charge is 0.504 e. The average Bonchev–Trinajstić information content (AvgIpc) is 2.71. The minimum atomic E-state index is -3.97. The number of carbonyl (C=O) groups excluding carboxylic acids is 1. The molecule has 11 heteroatoms. The Morgan fingerprint density at radius 3 is 2.67 bits per heavy atom. The van der Waals surface area contributed by atoms with Gasteiger partial charge in [-0.3, -0.25) is 9.71 Å². The summed E-state index contributed by atoms with van der Waals surface area (Å²) in [6.07, 6.45) is 1.73. The van der Waals surface area contributed by atoms with Gasteiger partial charge in [-0.1, -0.05) is 6.07 Å². The van der Waals surface area contributed by atoms with Crippen LogP contribution in [0, 0.1) is 17.9 Å². The number of rotatable bonds is 6. The number of nitrogens with one attached hydrogen (secondary N) is 1. The number of aromatic nitrogens is 2. The molecule has 0 aliphatic carbocycles. The molecule has 3 rings (SSSR count). The predicted molar refractivity (Wildman–Crippen MR) is 106 cm³/mol. The smallest absolute Gasteiger partial charge is 0.360 e. The Hall–Kier alpha value is -3.49. The minimum Gasteiger partial charge on any atom is -0.504 e. The number of fused-ring (bicyclic) bond motifs is 1. The van der Waals surface area contributed by atoms with Crippen LogP contribution in [-0.2, 0) is 21.4 Å². The van der Waals surface area contributed by atoms with E-state index in [4.69, 9.17) is 0 Å². The van der Waals surface area contributed by atoms with Crippen LogP contribution in [0.1, 0.15) is 21.6 Å². The molecule has 0 spiro atoms. The number of esters is 1. The normalized spacial score (nSPS) is 11.4. The van der Waals surface area contributed by atoms with Gasteiger partial charge in [0.1, 0.15) is 5.52 Å². The molecule has 1 aromatic carbocycles. The molecule has 0 radical (unpaired) electrons. The molecule has 2 N–H and O–H groups in total. The number of anilines is 1. The Labute approximate surface area is 172 Å². The molecule has 0 saturated carbocycles. The Balaban J connectivity index is 2.16. The molecule has 3 aromatic rings. The van der Waals surface area contributed by atoms with Crippen LogP contribution < -0.4 is 4.72 Å². The molecule has 156 valence electrons. The van der Waals surface area contributed by atoms with E-state index >= 15 is 0 Å². The van der Waals surface area contributed by atoms with Crippen molar-refractivity contribution in [3.05, 3.63) is 59.2 Å². The molecule has 0 fully saturated rings. The zero-order valence-electron chi connectivity index (χ0n) is 16.2. The zero-order valence-corrected chi connectivity index (χ0v) is 17.0. The predicted octanol–water partition coefficient (Wildman–Crippen LogP) is 1.67. The highest BCUT2D eigenvalue weighted by atomic mass is 32.2. The molecular weight excluding hydrogens is 415 g/mol. The third kappa shape index (κ3) is 4.24. The quantitative estimate of drug-likeness (QED) is 0.568. The van der Waals surface area contributed by atoms with Crippen LogP contribution in [0.2, 0.25) is 0 Å². The average molecular weight is 432 g/mol. The van der Waals surface area contributed by atoms with Crippen LogP contribution in [0.15, 0.2) is 24.4 Å². The SMILES string of the molecule is COC(=O)c1nc(NS(=O)(=O)N(C)C)c2cc(Cc3c#cc(F)cc3)cnc2c1O. The van der Waals surface area contributed by atoms with Gasteiger partial charge in [0, 0.05) is 37.7 Å². The standard InChI is InChI=1S/C19H17FN4O5S/c1-24(2)30(27,28)23-18-14-9-12(8-11-4-6-13(20)7-5-11)10-21-15(14)17(25)16(22-18)19(26)29-3/h4,6,9-10,25H,8H2,1-3H3,(H,22,23). The Bertz CT molecular complexity index is 1210. The van der Waals surface area contributed by atoms with Crippen molar-refractivity contribution in [1.82, 2.24) is 14.3 Å². The fourth-order valence-electron chi connectivity index (χ4n) is 2.56. The second kappa shape index (κ2) is 8.10. The third-order valence-corrected chi connectivity index (χ3v) is 5.54. The van der Waals surface area contributed by atoms with Crippen molar-refractivity contribution in [2.45, 2.75) is 6.42 Å². The highest BCUT2D eigenvalue weighted by molar-refractivity contribution is 7.90. The zero-order chi connectivity index (χ0) is 22.1. The Morgan fingerprint density at radius 2 is 2.07 bits per heavy atom. The first-order chi connectivity index (χ1) is 14.1. The maximum atomic E-state index is 13.0. The lowest BCUT2D eigenvalue weighted by atomic mass is 10.1. The Morgan fingerprint density at radius 1 is 1.33 bits per heavy atom. The molecule has 0 unspecified atom stereocenters. The van der Waals surface area contributed by atoms with Gasteiger partial charge >= 0.3 is 16.2 Å². The number of ether oxygens (including phenoxy) is 1. The van der Waals surface area contributed by atoms with Crippen LogP contribution in [0.4, 0.5) is 10.2 Å². The minimum absolute atomic E-state index is 0.0414. The first-order valence-corrected chi connectivity index (χ1v) is 9.95. The summed E-state index contributed by atoms with van der Waals surface area (Å²) in [6, 6.07) is 9.34. The first kappa shape index (κ1) is 21.2. The second-order valence-corrected chi connectivity index (χ2v) is 8.30. The van der Waals surface area contributed by atoms with Gasteiger partial charge in [0.15, 0.2) is 23.1 Å². The highest BCUT2D eigenvalue weighted by Crippen LogP contribution is 2.32. The maximum absolute atomic E-state index is 13.0. The Kier molecular flexibility index (Phi) is 5.73. The van der Waals surface area contributed by atoms with Gasteiger partial charge in [-0.15, -0.1) is 0 Å². The summed E-state index contributed by atoms with van der Waals surface area (Å²) >= 11 is 0. The summed E-state index contributed by atoms with van der Waals surface area (Å²) in [6.45, 7) is 0. The van der Waals surface area contributed by atoms with E-state index < -0.39 is 33.4 Å². The van der Waals surface area contributed by atoms with E-state index in [0.29, 0.717) is 17.5 Å². The van der Waals surface area contributed by atoms with Gasteiger partial charge in [0.05, 0.1) is 7.11 Å². The van der Waals surface area contributed by atoms with Crippen LogP contribution in [0.5, 0.6) is 5.75 Å². The molecule has 0 aliphatic rings. The number of carbonyl (C=O) groups is 1. The summed E-state index contributed by atoms with van der Waals surface area (Å²) in [5, 5.41) is 10.6. The fourth-order valence-corrected chi connectivity index (χ4v) is 3.14. The number of hydrogen-bond donors (Lipinski definition) is 2. The van der Waals surface area contributed by atoms with Gasteiger partial charge in [0.2, 0.25) is 0 Å². The van der Waals surface area contributed by atoms with Crippen molar-refractivity contribution in [3.8, 4) is 5.75 Å². The van der Waals surface area contributed by atoms with Crippen LogP contribution in [0.3, 0.4) is 0 Å². The lowest BCUT2D eigenvalue weighted by Gasteiger charge is -2.16. The molecule has 0 amide bonds. The lowest BCUT2D eigenvalue weighted by molar-refractivity contribution is 0.0591. The van der Waals surface area contributed by atoms with E-state index in [2.05, 4.69) is 31.6 Å². The first-order valence-electron chi connectivity index (χ1n) is 8.51. The maximum Gasteiger partial charge on any atom is 0.360 e. The lowest BCUT2D eigenvalue weighted by Crippen LogP contribution is -2.29. The topological polar surface area (TPSA) is 122 Å². The molecule has 0 bridgehead atoms. The third-order valence-electron chi connectivity index (χ3n) is 4.12. The van der Waals surface area contributed by atoms with E-state index in [9.17, 15) is 22.7 Å². The van der Waals surface area contributed by atoms with Crippen molar-refractivity contribution < 1.29 is 27.4 Å². The molecular formula is C19H17FN4O5S. The number of hydrogen-bond acceptors (Lipinski definition) is 7. The van der Waals surface area contributed by atoms with Crippen molar-refractivity contribution in [1.29, 1.82) is 0 Å². The van der Waals surface area contributed by atoms with Crippen molar-refractivity contribution in [2.75, 3.05) is 25.9 Å². The monoisotopic (exact) mass is 432 g/mol. The number of pyridine rings is 2. The van der Waals surface area contributed by atoms with Gasteiger partial charge in [-0.25, -0.2) is 9.78 Å². The summed E-state index contributed by atoms with van der Waals surface area (Å²) < 4.78 is 45.5. The molecule has 9 nitrogen and oxygen atoms in total. The summed E-state index contributed by atoms with van der Waals surface area (Å²) in [5.74, 6) is -2.25. The molecule has 30 heavy (non-hydrogen) atoms. The van der Waals surface area contributed by atoms with Crippen LogP contribution in [0.25, 0.3) is 10.9 Å². The summed E-state index contributed by atoms with van der Waals surface area (Å²) in [7, 11) is -0.241. The second-order valence-electron chi connectivity index (χ2n) is 6.41. The molecule has 0 aliphatic heterocycles. The molecule has 0 atom stereocenters. The van der Waals surface area contributed by atoms with Crippen molar-refractivity contribution in [2.24, 2.45) is 0 Å². The molecule has 0 saturated heterocycles. The number of halogens is 1. The van der Waals surface area contributed by atoms with Crippen molar-refractivity contribution >= 4 is 32.9 Å². The van der Waals surface area contributed by atoms with E-state index in [1.54, 1.807) is 6.07 Å². The summed E-state index contributed by atoms with van der Waals surface area (Å²) in [5.41, 5.74) is 0.704. The van der Waals surface area contributed by atoms with Gasteiger partial charge in [-0.05, 0) is 29.8 Å². The van der Waals surface area contributed by atoms with E-state index in [0.717, 1.165) is 11.4 Å². The number of methoxy groups -OCH3 is 1. The van der Waals surface area contributed by atoms with E-state index in [1.807, 2.05) is 0 Å². The van der Waals surface area contributed by atoms with Crippen LogP contribution >= 0.6 is 0 Å². The highest BCUT2D eigenvalue weighted by Gasteiger charge is 2.24. The number of aromatic hydroxyl groups is 1. The summed E-state index contributed by atoms with van der Waals surface area (Å²) in [4.78, 5) is 20.1. The van der Waals surface area contributed by atoms with Gasteiger partial charge in [-0.2, -0.15) is 17.1 Å². The van der Waals surface area contributed by atoms with Crippen LogP contribution in [-0.4, -0.2) is 55.0 Å². The van der Waals surface area contributed by atoms with E-state index in [-0.39, 0.29) is 16.7 Å². The van der Waals surface area contributed by atoms with Gasteiger partial charge in [0.25, 0.3) is 0 Å². The van der Waals surface area contributed by atoms with Gasteiger partial charge < -0.3 is 9.84 Å². The molecule has 2 aromatic heterocycles. The molecule has 2 heterocycles. The van der Waals surface area contributed by atoms with Crippen molar-refractivity contribution in [3.63, 3.8) is 0 Å². The fraction of sp³-hybridized carbons (Fsp3) is 0.211.